The van der Waals surface area contributed by atoms with Crippen LogP contribution in [0.15, 0.2) is 0 Å². The fraction of sp³-hybridized carbons (Fsp3) is 0.600. The Hall–Kier alpha value is -1.15. The van der Waals surface area contributed by atoms with E-state index in [9.17, 15) is 8.42 Å². The first-order chi connectivity index (χ1) is 8.35. The summed E-state index contributed by atoms with van der Waals surface area (Å²) in [6.07, 6.45) is 0. The van der Waals surface area contributed by atoms with E-state index in [2.05, 4.69) is 10.1 Å². The number of nitrogens with one attached hydrogen (secondary N) is 1. The summed E-state index contributed by atoms with van der Waals surface area (Å²) in [5.41, 5.74) is 2.57. The van der Waals surface area contributed by atoms with Gasteiger partial charge in [0.25, 0.3) is 0 Å². The van der Waals surface area contributed by atoms with E-state index >= 15 is 0 Å². The number of sulfone groups is 1. The lowest BCUT2D eigenvalue weighted by Crippen LogP contribution is -2.15. The van der Waals surface area contributed by atoms with Gasteiger partial charge in [-0.25, -0.2) is 8.42 Å². The zero-order chi connectivity index (χ0) is 13.5. The number of aromatic nitrogens is 4. The molecule has 100 valence electrons. The standard InChI is InChI=1S/C10H16N4O2S2/c1-4-18(15,16)6-5-14-9-8(11-10(14)17)7(2)12-13(9)3/h4-6H2,1-3H3,(H,11,17). The van der Waals surface area contributed by atoms with Gasteiger partial charge in [0, 0.05) is 19.3 Å². The summed E-state index contributed by atoms with van der Waals surface area (Å²) < 4.78 is 27.1. The molecule has 2 rings (SSSR count). The maximum Gasteiger partial charge on any atom is 0.179 e. The van der Waals surface area contributed by atoms with Crippen molar-refractivity contribution in [3.8, 4) is 0 Å². The smallest absolute Gasteiger partial charge is 0.179 e. The van der Waals surface area contributed by atoms with Gasteiger partial charge in [-0.3, -0.25) is 4.68 Å². The molecule has 0 spiro atoms. The molecule has 0 aliphatic rings. The van der Waals surface area contributed by atoms with Gasteiger partial charge in [-0.1, -0.05) is 6.92 Å². The largest absolute Gasteiger partial charge is 0.328 e. The van der Waals surface area contributed by atoms with Crippen LogP contribution in [0, 0.1) is 11.7 Å². The summed E-state index contributed by atoms with van der Waals surface area (Å²) in [5.74, 6) is 0.243. The van der Waals surface area contributed by atoms with Crippen LogP contribution in [0.5, 0.6) is 0 Å². The normalized spacial score (nSPS) is 12.4. The minimum absolute atomic E-state index is 0.0922. The van der Waals surface area contributed by atoms with Crippen molar-refractivity contribution in [3.63, 3.8) is 0 Å². The number of H-pyrrole nitrogens is 1. The van der Waals surface area contributed by atoms with Crippen molar-refractivity contribution < 1.29 is 8.42 Å². The van der Waals surface area contributed by atoms with Crippen LogP contribution in [0.25, 0.3) is 11.2 Å². The van der Waals surface area contributed by atoms with Crippen LogP contribution in [0.4, 0.5) is 0 Å². The Morgan fingerprint density at radius 2 is 2.11 bits per heavy atom. The maximum atomic E-state index is 11.6. The number of fused-ring (bicyclic) bond motifs is 1. The average Bonchev–Trinajstić information content (AvgIpc) is 2.76. The third-order valence-corrected chi connectivity index (χ3v) is 5.00. The number of nitrogens with zero attached hydrogens (tertiary/aromatic N) is 3. The lowest BCUT2D eigenvalue weighted by molar-refractivity contribution is 0.589. The Balaban J connectivity index is 2.45. The highest BCUT2D eigenvalue weighted by atomic mass is 32.2. The highest BCUT2D eigenvalue weighted by Crippen LogP contribution is 2.16. The zero-order valence-corrected chi connectivity index (χ0v) is 12.2. The van der Waals surface area contributed by atoms with Crippen molar-refractivity contribution in [1.82, 2.24) is 19.3 Å². The second kappa shape index (κ2) is 4.51. The monoisotopic (exact) mass is 288 g/mol. The summed E-state index contributed by atoms with van der Waals surface area (Å²) >= 11 is 5.22. The molecule has 2 heterocycles. The molecule has 0 saturated carbocycles. The van der Waals surface area contributed by atoms with Gasteiger partial charge < -0.3 is 9.55 Å². The molecule has 0 radical (unpaired) electrons. The molecule has 0 fully saturated rings. The SMILES string of the molecule is CCS(=O)(=O)CCn1c(=S)[nH]c2c(C)nn(C)c21. The molecule has 0 aliphatic carbocycles. The molecular weight excluding hydrogens is 272 g/mol. The van der Waals surface area contributed by atoms with Crippen molar-refractivity contribution in [3.05, 3.63) is 10.5 Å². The predicted octanol–water partition coefficient (Wildman–Crippen LogP) is 1.18. The molecule has 0 bridgehead atoms. The first-order valence-corrected chi connectivity index (χ1v) is 7.91. The van der Waals surface area contributed by atoms with E-state index in [0.29, 0.717) is 11.3 Å². The van der Waals surface area contributed by atoms with Gasteiger partial charge >= 0.3 is 0 Å². The van der Waals surface area contributed by atoms with Gasteiger partial charge in [-0.05, 0) is 19.1 Å². The molecule has 2 aromatic heterocycles. The van der Waals surface area contributed by atoms with Gasteiger partial charge in [-0.15, -0.1) is 0 Å². The van der Waals surface area contributed by atoms with E-state index in [4.69, 9.17) is 12.2 Å². The molecule has 8 heteroatoms. The second-order valence-electron chi connectivity index (χ2n) is 4.23. The lowest BCUT2D eigenvalue weighted by Gasteiger charge is -2.04. The van der Waals surface area contributed by atoms with E-state index < -0.39 is 9.84 Å². The Morgan fingerprint density at radius 1 is 1.44 bits per heavy atom. The van der Waals surface area contributed by atoms with Gasteiger partial charge in [0.15, 0.2) is 20.3 Å². The van der Waals surface area contributed by atoms with E-state index in [-0.39, 0.29) is 11.5 Å². The van der Waals surface area contributed by atoms with Crippen LogP contribution >= 0.6 is 12.2 Å². The molecule has 0 saturated heterocycles. The molecule has 0 aromatic carbocycles. The van der Waals surface area contributed by atoms with Crippen LogP contribution in [0.3, 0.4) is 0 Å². The number of hydrogen-bond donors (Lipinski definition) is 1. The van der Waals surface area contributed by atoms with E-state index in [0.717, 1.165) is 16.9 Å². The molecule has 0 aliphatic heterocycles. The van der Waals surface area contributed by atoms with Gasteiger partial charge in [-0.2, -0.15) is 5.10 Å². The molecule has 18 heavy (non-hydrogen) atoms. The summed E-state index contributed by atoms with van der Waals surface area (Å²) in [5, 5.41) is 4.29. The highest BCUT2D eigenvalue weighted by Gasteiger charge is 2.15. The fourth-order valence-electron chi connectivity index (χ4n) is 1.95. The highest BCUT2D eigenvalue weighted by molar-refractivity contribution is 7.91. The topological polar surface area (TPSA) is 72.7 Å². The minimum Gasteiger partial charge on any atom is -0.328 e. The molecule has 1 N–H and O–H groups in total. The molecule has 0 atom stereocenters. The summed E-state index contributed by atoms with van der Waals surface area (Å²) in [4.78, 5) is 3.07. The van der Waals surface area contributed by atoms with Crippen molar-refractivity contribution in [1.29, 1.82) is 0 Å². The molecular formula is C10H16N4O2S2. The third kappa shape index (κ3) is 2.22. The predicted molar refractivity (Wildman–Crippen MR) is 73.0 cm³/mol. The first kappa shape index (κ1) is 13.3. The fourth-order valence-corrected chi connectivity index (χ4v) is 2.98. The van der Waals surface area contributed by atoms with Crippen LogP contribution < -0.4 is 0 Å². The van der Waals surface area contributed by atoms with Gasteiger partial charge in [0.1, 0.15) is 5.52 Å². The number of imidazole rings is 1. The first-order valence-electron chi connectivity index (χ1n) is 5.68. The minimum atomic E-state index is -3.00. The molecule has 2 aromatic rings. The quantitative estimate of drug-likeness (QED) is 0.857. The molecule has 6 nitrogen and oxygen atoms in total. The molecule has 0 amide bonds. The Bertz CT molecular complexity index is 736. The van der Waals surface area contributed by atoms with Gasteiger partial charge in [0.2, 0.25) is 0 Å². The van der Waals surface area contributed by atoms with Crippen molar-refractivity contribution in [2.24, 2.45) is 7.05 Å². The number of aryl methyl sites for hydroxylation is 3. The average molecular weight is 288 g/mol. The zero-order valence-electron chi connectivity index (χ0n) is 10.6. The number of hydrogen-bond acceptors (Lipinski definition) is 4. The summed E-state index contributed by atoms with van der Waals surface area (Å²) in [6.45, 7) is 3.89. The van der Waals surface area contributed by atoms with Gasteiger partial charge in [0.05, 0.1) is 11.4 Å². The Morgan fingerprint density at radius 3 is 2.72 bits per heavy atom. The van der Waals surface area contributed by atoms with E-state index in [1.54, 1.807) is 16.2 Å². The third-order valence-electron chi connectivity index (χ3n) is 2.99. The maximum absolute atomic E-state index is 11.6. The lowest BCUT2D eigenvalue weighted by atomic mass is 10.4. The van der Waals surface area contributed by atoms with Crippen molar-refractivity contribution in [2.45, 2.75) is 20.4 Å². The number of aromatic amines is 1. The van der Waals surface area contributed by atoms with Crippen molar-refractivity contribution >= 4 is 33.2 Å². The Kier molecular flexibility index (Phi) is 3.33. The summed E-state index contributed by atoms with van der Waals surface area (Å²) in [6, 6.07) is 0. The van der Waals surface area contributed by atoms with Crippen molar-refractivity contribution in [2.75, 3.05) is 11.5 Å². The second-order valence-corrected chi connectivity index (χ2v) is 7.09. The van der Waals surface area contributed by atoms with E-state index in [1.165, 1.54) is 0 Å². The number of rotatable bonds is 4. The summed E-state index contributed by atoms with van der Waals surface area (Å²) in [7, 11) is -1.18. The Labute approximate surface area is 111 Å². The van der Waals surface area contributed by atoms with Crippen LogP contribution in [0.2, 0.25) is 0 Å². The van der Waals surface area contributed by atoms with E-state index in [1.807, 2.05) is 14.0 Å². The van der Waals surface area contributed by atoms with Crippen LogP contribution in [-0.2, 0) is 23.4 Å². The van der Waals surface area contributed by atoms with Crippen LogP contribution in [-0.4, -0.2) is 39.3 Å². The van der Waals surface area contributed by atoms with Crippen LogP contribution in [0.1, 0.15) is 12.6 Å². The molecule has 0 unspecified atom stereocenters.